The Bertz CT molecular complexity index is 817. The molecule has 0 saturated heterocycles. The summed E-state index contributed by atoms with van der Waals surface area (Å²) < 4.78 is 0. The number of hydrogen-bond acceptors (Lipinski definition) is 3. The molecular formula is C22H23NO2. The molecule has 2 aromatic rings. The quantitative estimate of drug-likeness (QED) is 0.758. The summed E-state index contributed by atoms with van der Waals surface area (Å²) in [7, 11) is 0. The lowest BCUT2D eigenvalue weighted by atomic mass is 9.81. The summed E-state index contributed by atoms with van der Waals surface area (Å²) in [4.78, 5) is 17.4. The summed E-state index contributed by atoms with van der Waals surface area (Å²) in [5.74, 6) is 0.179. The Morgan fingerprint density at radius 3 is 2.36 bits per heavy atom. The number of hydrogen-bond donors (Lipinski definition) is 1. The SMILES string of the molecule is CCC(=Nc1ccc(C)cc1)C1=C(O)CC(c2ccccc2)CC1=O. The highest BCUT2D eigenvalue weighted by Gasteiger charge is 2.30. The normalized spacial score (nSPS) is 18.6. The summed E-state index contributed by atoms with van der Waals surface area (Å²) in [5.41, 5.74) is 4.14. The average molecular weight is 333 g/mol. The fraction of sp³-hybridized carbons (Fsp3) is 0.273. The van der Waals surface area contributed by atoms with Crippen molar-refractivity contribution >= 4 is 17.2 Å². The number of rotatable bonds is 4. The molecular weight excluding hydrogens is 310 g/mol. The van der Waals surface area contributed by atoms with Gasteiger partial charge in [-0.25, -0.2) is 0 Å². The van der Waals surface area contributed by atoms with Crippen molar-refractivity contribution in [2.24, 2.45) is 4.99 Å². The van der Waals surface area contributed by atoms with Crippen molar-refractivity contribution < 1.29 is 9.90 Å². The van der Waals surface area contributed by atoms with Crippen LogP contribution in [-0.4, -0.2) is 16.6 Å². The predicted octanol–water partition coefficient (Wildman–Crippen LogP) is 5.44. The lowest BCUT2D eigenvalue weighted by Crippen LogP contribution is -2.23. The molecule has 1 aliphatic carbocycles. The number of aliphatic hydroxyl groups excluding tert-OH is 1. The number of aryl methyl sites for hydroxylation is 1. The Morgan fingerprint density at radius 2 is 1.76 bits per heavy atom. The van der Waals surface area contributed by atoms with Gasteiger partial charge >= 0.3 is 0 Å². The highest BCUT2D eigenvalue weighted by molar-refractivity contribution is 6.23. The first-order valence-corrected chi connectivity index (χ1v) is 8.73. The van der Waals surface area contributed by atoms with Crippen LogP contribution in [0.3, 0.4) is 0 Å². The highest BCUT2D eigenvalue weighted by atomic mass is 16.3. The van der Waals surface area contributed by atoms with Crippen LogP contribution in [0, 0.1) is 6.92 Å². The Hall–Kier alpha value is -2.68. The number of allylic oxidation sites excluding steroid dienone is 2. The lowest BCUT2D eigenvalue weighted by molar-refractivity contribution is -0.116. The molecule has 1 aliphatic rings. The van der Waals surface area contributed by atoms with E-state index in [4.69, 9.17) is 0 Å². The minimum atomic E-state index is -0.0229. The van der Waals surface area contributed by atoms with E-state index in [1.54, 1.807) is 0 Å². The monoisotopic (exact) mass is 333 g/mol. The smallest absolute Gasteiger partial charge is 0.168 e. The van der Waals surface area contributed by atoms with Gasteiger partial charge in [0.1, 0.15) is 5.76 Å². The zero-order chi connectivity index (χ0) is 17.8. The second-order valence-corrected chi connectivity index (χ2v) is 6.51. The summed E-state index contributed by atoms with van der Waals surface area (Å²) in [6, 6.07) is 17.8. The first-order chi connectivity index (χ1) is 12.1. The third-order valence-corrected chi connectivity index (χ3v) is 4.63. The number of carbonyl (C=O) groups excluding carboxylic acids is 1. The van der Waals surface area contributed by atoms with Gasteiger partial charge < -0.3 is 5.11 Å². The molecule has 0 bridgehead atoms. The van der Waals surface area contributed by atoms with Gasteiger partial charge in [0, 0.05) is 12.8 Å². The van der Waals surface area contributed by atoms with Crippen molar-refractivity contribution in [3.8, 4) is 0 Å². The third-order valence-electron chi connectivity index (χ3n) is 4.63. The number of ketones is 1. The van der Waals surface area contributed by atoms with Crippen molar-refractivity contribution in [1.82, 2.24) is 0 Å². The molecule has 1 atom stereocenters. The summed E-state index contributed by atoms with van der Waals surface area (Å²) in [6.45, 7) is 3.99. The van der Waals surface area contributed by atoms with E-state index in [-0.39, 0.29) is 17.5 Å². The van der Waals surface area contributed by atoms with Crippen LogP contribution in [0.1, 0.15) is 43.2 Å². The Morgan fingerprint density at radius 1 is 1.08 bits per heavy atom. The molecule has 1 unspecified atom stereocenters. The minimum absolute atomic E-state index is 0.0229. The molecule has 0 amide bonds. The van der Waals surface area contributed by atoms with Crippen LogP contribution >= 0.6 is 0 Å². The zero-order valence-electron chi connectivity index (χ0n) is 14.7. The van der Waals surface area contributed by atoms with Crippen molar-refractivity contribution in [2.45, 2.75) is 39.0 Å². The number of aliphatic hydroxyl groups is 1. The van der Waals surface area contributed by atoms with Crippen LogP contribution in [0.5, 0.6) is 0 Å². The van der Waals surface area contributed by atoms with E-state index in [0.717, 1.165) is 11.3 Å². The van der Waals surface area contributed by atoms with E-state index in [1.807, 2.05) is 68.4 Å². The topological polar surface area (TPSA) is 49.7 Å². The molecule has 3 heteroatoms. The van der Waals surface area contributed by atoms with Crippen LogP contribution in [0.4, 0.5) is 5.69 Å². The van der Waals surface area contributed by atoms with Gasteiger partial charge in [0.25, 0.3) is 0 Å². The molecule has 0 spiro atoms. The van der Waals surface area contributed by atoms with Gasteiger partial charge in [-0.15, -0.1) is 0 Å². The van der Waals surface area contributed by atoms with Gasteiger partial charge in [0.2, 0.25) is 0 Å². The zero-order valence-corrected chi connectivity index (χ0v) is 14.7. The maximum Gasteiger partial charge on any atom is 0.168 e. The van der Waals surface area contributed by atoms with E-state index >= 15 is 0 Å². The number of nitrogens with zero attached hydrogens (tertiary/aromatic N) is 1. The molecule has 25 heavy (non-hydrogen) atoms. The van der Waals surface area contributed by atoms with Crippen LogP contribution in [0.2, 0.25) is 0 Å². The molecule has 0 heterocycles. The number of carbonyl (C=O) groups is 1. The van der Waals surface area contributed by atoms with Gasteiger partial charge in [0.05, 0.1) is 17.0 Å². The maximum atomic E-state index is 12.7. The molecule has 3 nitrogen and oxygen atoms in total. The first kappa shape index (κ1) is 17.2. The van der Waals surface area contributed by atoms with Crippen molar-refractivity contribution in [3.63, 3.8) is 0 Å². The highest BCUT2D eigenvalue weighted by Crippen LogP contribution is 2.34. The standard InChI is InChI=1S/C22H23NO2/c1-3-19(23-18-11-9-15(2)10-12-18)22-20(24)13-17(14-21(22)25)16-7-5-4-6-8-16/h4-12,17,24H,3,13-14H2,1-2H3. The molecule has 0 fully saturated rings. The van der Waals surface area contributed by atoms with Crippen LogP contribution < -0.4 is 0 Å². The Kier molecular flexibility index (Phi) is 5.13. The molecule has 0 aliphatic heterocycles. The van der Waals surface area contributed by atoms with Crippen LogP contribution in [0.25, 0.3) is 0 Å². The van der Waals surface area contributed by atoms with E-state index < -0.39 is 0 Å². The first-order valence-electron chi connectivity index (χ1n) is 8.73. The molecule has 2 aromatic carbocycles. The van der Waals surface area contributed by atoms with Gasteiger partial charge in [-0.05, 0) is 37.0 Å². The molecule has 128 valence electrons. The van der Waals surface area contributed by atoms with Gasteiger partial charge in [-0.2, -0.15) is 0 Å². The maximum absolute atomic E-state index is 12.7. The molecule has 1 N–H and O–H groups in total. The van der Waals surface area contributed by atoms with Crippen molar-refractivity contribution in [1.29, 1.82) is 0 Å². The fourth-order valence-corrected chi connectivity index (χ4v) is 3.27. The largest absolute Gasteiger partial charge is 0.511 e. The molecule has 0 radical (unpaired) electrons. The summed E-state index contributed by atoms with van der Waals surface area (Å²) in [6.07, 6.45) is 1.50. The van der Waals surface area contributed by atoms with Gasteiger partial charge in [-0.1, -0.05) is 55.0 Å². The Balaban J connectivity index is 1.92. The van der Waals surface area contributed by atoms with E-state index in [0.29, 0.717) is 30.5 Å². The van der Waals surface area contributed by atoms with E-state index in [1.165, 1.54) is 5.56 Å². The van der Waals surface area contributed by atoms with Gasteiger partial charge in [-0.3, -0.25) is 9.79 Å². The Labute approximate surface area is 148 Å². The predicted molar refractivity (Wildman–Crippen MR) is 102 cm³/mol. The average Bonchev–Trinajstić information content (AvgIpc) is 2.62. The van der Waals surface area contributed by atoms with Crippen LogP contribution in [-0.2, 0) is 4.79 Å². The van der Waals surface area contributed by atoms with E-state index in [2.05, 4.69) is 4.99 Å². The second-order valence-electron chi connectivity index (χ2n) is 6.51. The minimum Gasteiger partial charge on any atom is -0.511 e. The lowest BCUT2D eigenvalue weighted by Gasteiger charge is -2.24. The number of aliphatic imine (C=N–C) groups is 1. The number of benzene rings is 2. The molecule has 3 rings (SSSR count). The molecule has 0 aromatic heterocycles. The van der Waals surface area contributed by atoms with E-state index in [9.17, 15) is 9.90 Å². The number of Topliss-reactive ketones (excluding diaryl/α,β-unsaturated/α-hetero) is 1. The molecule has 0 saturated carbocycles. The summed E-state index contributed by atoms with van der Waals surface area (Å²) >= 11 is 0. The van der Waals surface area contributed by atoms with Gasteiger partial charge in [0.15, 0.2) is 5.78 Å². The second kappa shape index (κ2) is 7.47. The fourth-order valence-electron chi connectivity index (χ4n) is 3.27. The summed E-state index contributed by atoms with van der Waals surface area (Å²) in [5, 5.41) is 10.6. The van der Waals surface area contributed by atoms with Crippen molar-refractivity contribution in [3.05, 3.63) is 77.1 Å². The van der Waals surface area contributed by atoms with Crippen LogP contribution in [0.15, 0.2) is 70.9 Å². The third kappa shape index (κ3) is 3.87. The van der Waals surface area contributed by atoms with Crippen molar-refractivity contribution in [2.75, 3.05) is 0 Å².